The minimum absolute atomic E-state index is 0.609. The highest BCUT2D eigenvalue weighted by Crippen LogP contribution is 2.35. The topological polar surface area (TPSA) is 30.9 Å². The van der Waals surface area contributed by atoms with Crippen molar-refractivity contribution in [2.45, 2.75) is 19.8 Å². The van der Waals surface area contributed by atoms with Crippen molar-refractivity contribution in [2.24, 2.45) is 0 Å². The van der Waals surface area contributed by atoms with Crippen LogP contribution < -0.4 is 4.90 Å². The second-order valence-corrected chi connectivity index (χ2v) is 6.63. The van der Waals surface area contributed by atoms with Crippen LogP contribution in [0.2, 0.25) is 0 Å². The summed E-state index contributed by atoms with van der Waals surface area (Å²) in [5.41, 5.74) is 6.74. The molecule has 0 heterocycles. The van der Waals surface area contributed by atoms with E-state index in [-0.39, 0.29) is 0 Å². The van der Waals surface area contributed by atoms with Gasteiger partial charge < -0.3 is 19.1 Å². The first-order valence-corrected chi connectivity index (χ1v) is 9.29. The zero-order chi connectivity index (χ0) is 19.8. The summed E-state index contributed by atoms with van der Waals surface area (Å²) in [6, 6.07) is 25.4. The Hall–Kier alpha value is -2.66. The fourth-order valence-corrected chi connectivity index (χ4v) is 3.17. The first-order valence-electron chi connectivity index (χ1n) is 9.29. The molecule has 0 aromatic heterocycles. The molecule has 0 amide bonds. The Morgan fingerprint density at radius 1 is 0.464 bits per heavy atom. The quantitative estimate of drug-likeness (QED) is 0.486. The van der Waals surface area contributed by atoms with Crippen molar-refractivity contribution in [1.82, 2.24) is 0 Å². The lowest BCUT2D eigenvalue weighted by atomic mass is 10.1. The van der Waals surface area contributed by atoms with Crippen LogP contribution in [0.3, 0.4) is 0 Å². The lowest BCUT2D eigenvalue weighted by Gasteiger charge is -2.26. The molecule has 4 nitrogen and oxygen atoms in total. The minimum atomic E-state index is 0.609. The molecule has 4 heteroatoms. The first-order chi connectivity index (χ1) is 13.7. The molecule has 3 aromatic rings. The van der Waals surface area contributed by atoms with Crippen LogP contribution in [0.25, 0.3) is 0 Å². The minimum Gasteiger partial charge on any atom is -0.380 e. The molecule has 146 valence electrons. The van der Waals surface area contributed by atoms with Gasteiger partial charge in [0, 0.05) is 38.4 Å². The van der Waals surface area contributed by atoms with Crippen molar-refractivity contribution < 1.29 is 14.2 Å². The van der Waals surface area contributed by atoms with Gasteiger partial charge in [-0.1, -0.05) is 36.4 Å². The molecule has 0 aliphatic carbocycles. The largest absolute Gasteiger partial charge is 0.380 e. The van der Waals surface area contributed by atoms with E-state index >= 15 is 0 Å². The Labute approximate surface area is 167 Å². The molecule has 0 radical (unpaired) electrons. The lowest BCUT2D eigenvalue weighted by Crippen LogP contribution is -2.10. The van der Waals surface area contributed by atoms with Gasteiger partial charge in [-0.15, -0.1) is 0 Å². The molecule has 0 saturated heterocycles. The third-order valence-corrected chi connectivity index (χ3v) is 4.52. The van der Waals surface area contributed by atoms with Gasteiger partial charge in [0.05, 0.1) is 19.8 Å². The summed E-state index contributed by atoms with van der Waals surface area (Å²) < 4.78 is 15.7. The molecule has 0 aliphatic rings. The number of nitrogens with zero attached hydrogens (tertiary/aromatic N) is 1. The zero-order valence-corrected chi connectivity index (χ0v) is 16.7. The molecular formula is C24H27NO3. The van der Waals surface area contributed by atoms with Gasteiger partial charge in [0.15, 0.2) is 0 Å². The van der Waals surface area contributed by atoms with Crippen molar-refractivity contribution in [1.29, 1.82) is 0 Å². The summed E-state index contributed by atoms with van der Waals surface area (Å²) in [5, 5.41) is 0. The van der Waals surface area contributed by atoms with E-state index in [9.17, 15) is 0 Å². The third-order valence-electron chi connectivity index (χ3n) is 4.52. The monoisotopic (exact) mass is 377 g/mol. The van der Waals surface area contributed by atoms with E-state index in [2.05, 4.69) is 77.7 Å². The van der Waals surface area contributed by atoms with Gasteiger partial charge in [-0.2, -0.15) is 0 Å². The highest BCUT2D eigenvalue weighted by atomic mass is 16.5. The highest BCUT2D eigenvalue weighted by molar-refractivity contribution is 5.76. The van der Waals surface area contributed by atoms with Crippen LogP contribution in [0.4, 0.5) is 17.1 Å². The Bertz CT molecular complexity index is 725. The number of hydrogen-bond acceptors (Lipinski definition) is 4. The van der Waals surface area contributed by atoms with Crippen LogP contribution >= 0.6 is 0 Å². The second-order valence-electron chi connectivity index (χ2n) is 6.63. The van der Waals surface area contributed by atoms with Crippen LogP contribution in [-0.4, -0.2) is 21.3 Å². The van der Waals surface area contributed by atoms with E-state index in [1.54, 1.807) is 21.3 Å². The summed E-state index contributed by atoms with van der Waals surface area (Å²) in [5.74, 6) is 0. The Kier molecular flexibility index (Phi) is 7.20. The Morgan fingerprint density at radius 3 is 0.929 bits per heavy atom. The normalized spacial score (nSPS) is 10.8. The smallest absolute Gasteiger partial charge is 0.0713 e. The van der Waals surface area contributed by atoms with Crippen LogP contribution in [0.15, 0.2) is 72.8 Å². The number of ether oxygens (including phenoxy) is 3. The lowest BCUT2D eigenvalue weighted by molar-refractivity contribution is 0.185. The van der Waals surface area contributed by atoms with Crippen molar-refractivity contribution in [3.8, 4) is 0 Å². The molecular weight excluding hydrogens is 350 g/mol. The van der Waals surface area contributed by atoms with Crippen molar-refractivity contribution >= 4 is 17.1 Å². The molecule has 0 spiro atoms. The fourth-order valence-electron chi connectivity index (χ4n) is 3.17. The predicted octanol–water partition coefficient (Wildman–Crippen LogP) is 5.60. The van der Waals surface area contributed by atoms with Crippen LogP contribution in [-0.2, 0) is 34.0 Å². The standard InChI is InChI=1S/C24H27NO3/c1-26-16-19-4-10-22(11-5-19)25(23-12-6-20(7-13-23)17-27-2)24-14-8-21(9-15-24)18-28-3/h4-15H,16-18H2,1-3H3. The Morgan fingerprint density at radius 2 is 0.714 bits per heavy atom. The first kappa shape index (κ1) is 20.1. The van der Waals surface area contributed by atoms with Crippen molar-refractivity contribution in [2.75, 3.05) is 26.2 Å². The van der Waals surface area contributed by atoms with Crippen molar-refractivity contribution in [3.63, 3.8) is 0 Å². The van der Waals surface area contributed by atoms with Crippen LogP contribution in [0.5, 0.6) is 0 Å². The molecule has 0 aliphatic heterocycles. The molecule has 3 rings (SSSR count). The summed E-state index contributed by atoms with van der Waals surface area (Å²) >= 11 is 0. The molecule has 0 atom stereocenters. The van der Waals surface area contributed by atoms with E-state index < -0.39 is 0 Å². The maximum atomic E-state index is 5.23. The summed E-state index contributed by atoms with van der Waals surface area (Å²) in [6.07, 6.45) is 0. The zero-order valence-electron chi connectivity index (χ0n) is 16.7. The van der Waals surface area contributed by atoms with Crippen molar-refractivity contribution in [3.05, 3.63) is 89.5 Å². The van der Waals surface area contributed by atoms with E-state index in [0.717, 1.165) is 33.8 Å². The van der Waals surface area contributed by atoms with Gasteiger partial charge in [0.1, 0.15) is 0 Å². The molecule has 28 heavy (non-hydrogen) atoms. The summed E-state index contributed by atoms with van der Waals surface area (Å²) in [6.45, 7) is 1.83. The molecule has 0 bridgehead atoms. The highest BCUT2D eigenvalue weighted by Gasteiger charge is 2.12. The van der Waals surface area contributed by atoms with E-state index in [1.165, 1.54) is 0 Å². The fraction of sp³-hybridized carbons (Fsp3) is 0.250. The average molecular weight is 377 g/mol. The maximum Gasteiger partial charge on any atom is 0.0713 e. The SMILES string of the molecule is COCc1ccc(N(c2ccc(COC)cc2)c2ccc(COC)cc2)cc1. The van der Waals surface area contributed by atoms with E-state index in [4.69, 9.17) is 14.2 Å². The molecule has 0 N–H and O–H groups in total. The number of methoxy groups -OCH3 is 3. The molecule has 0 fully saturated rings. The number of rotatable bonds is 9. The summed E-state index contributed by atoms with van der Waals surface area (Å²) in [7, 11) is 5.13. The van der Waals surface area contributed by atoms with Crippen LogP contribution in [0.1, 0.15) is 16.7 Å². The van der Waals surface area contributed by atoms with E-state index in [1.807, 2.05) is 0 Å². The molecule has 0 unspecified atom stereocenters. The summed E-state index contributed by atoms with van der Waals surface area (Å²) in [4.78, 5) is 2.24. The van der Waals surface area contributed by atoms with Gasteiger partial charge in [-0.3, -0.25) is 0 Å². The maximum absolute atomic E-state index is 5.23. The van der Waals surface area contributed by atoms with Crippen LogP contribution in [0, 0.1) is 0 Å². The molecule has 3 aromatic carbocycles. The number of benzene rings is 3. The Balaban J connectivity index is 1.97. The number of hydrogen-bond donors (Lipinski definition) is 0. The van der Waals surface area contributed by atoms with Gasteiger partial charge in [-0.05, 0) is 53.1 Å². The number of anilines is 3. The average Bonchev–Trinajstić information content (AvgIpc) is 2.73. The van der Waals surface area contributed by atoms with Gasteiger partial charge in [0.2, 0.25) is 0 Å². The second kappa shape index (κ2) is 10.0. The predicted molar refractivity (Wildman–Crippen MR) is 113 cm³/mol. The van der Waals surface area contributed by atoms with Gasteiger partial charge >= 0.3 is 0 Å². The van der Waals surface area contributed by atoms with Gasteiger partial charge in [0.25, 0.3) is 0 Å². The van der Waals surface area contributed by atoms with Gasteiger partial charge in [-0.25, -0.2) is 0 Å². The van der Waals surface area contributed by atoms with E-state index in [0.29, 0.717) is 19.8 Å². The third kappa shape index (κ3) is 4.98. The molecule has 0 saturated carbocycles.